The number of anilines is 3. The van der Waals surface area contributed by atoms with Crippen molar-refractivity contribution in [2.45, 2.75) is 513 Å². The van der Waals surface area contributed by atoms with Crippen molar-refractivity contribution in [3.05, 3.63) is 0 Å². The van der Waals surface area contributed by atoms with E-state index < -0.39 is 0 Å². The molecule has 26 heteroatoms. The van der Waals surface area contributed by atoms with Gasteiger partial charge in [-0.15, -0.1) is 15.0 Å². The average Bonchev–Trinajstić information content (AvgIpc) is 0.751. The van der Waals surface area contributed by atoms with Gasteiger partial charge in [0.1, 0.15) is 36.6 Å². The highest BCUT2D eigenvalue weighted by Gasteiger charge is 2.54. The standard InChI is InChI=1S/C101H184N20O6/c1-86(2)53-69(54-87(3,4)111(86)33)120(78-104-82(124-73-61-94(17,18)115(37)95(19,20)62-73)109-83(105-78)125-74-63-96(21,22)116(38)97(23,24)64-74)51-47-43-41-45-49-119(77-102-80(122-71-57-90(9,10)113(35)91(11,12)58-71)108-81(103-77)123-72-59-92(13,14)114(36)93(15,16)60-72)50-46-42-44-48-52-121(70-55-88(5,6)112(34)89(7,8)56-70)79-106-84(126-75-65-98(25,26)117(39)99(27,28)66-75)110-85(107-79)127-76-67-100(29,30)118(40)101(31,32)68-76/h69-76H,41-68H2,1-40H3. The van der Waals surface area contributed by atoms with Crippen LogP contribution in [-0.2, 0) is 0 Å². The summed E-state index contributed by atoms with van der Waals surface area (Å²) in [7, 11) is 18.1. The molecule has 0 radical (unpaired) electrons. The van der Waals surface area contributed by atoms with Crippen molar-refractivity contribution in [2.24, 2.45) is 0 Å². The van der Waals surface area contributed by atoms with Crippen LogP contribution in [0.1, 0.15) is 376 Å². The zero-order valence-electron chi connectivity index (χ0n) is 88.3. The first-order valence-corrected chi connectivity index (χ1v) is 49.5. The third-order valence-electron chi connectivity index (χ3n) is 34.4. The predicted octanol–water partition coefficient (Wildman–Crippen LogP) is 18.7. The smallest absolute Gasteiger partial charge is 0.324 e. The number of piperidine rings is 8. The maximum Gasteiger partial charge on any atom is 0.324 e. The summed E-state index contributed by atoms with van der Waals surface area (Å²) >= 11 is 0. The summed E-state index contributed by atoms with van der Waals surface area (Å²) in [5, 5.41) is 0. The second kappa shape index (κ2) is 36.6. The zero-order chi connectivity index (χ0) is 94.6. The molecule has 8 fully saturated rings. The number of ether oxygens (including phenoxy) is 6. The van der Waals surface area contributed by atoms with E-state index in [1.807, 2.05) is 0 Å². The van der Waals surface area contributed by atoms with E-state index in [1.165, 1.54) is 0 Å². The summed E-state index contributed by atoms with van der Waals surface area (Å²) in [5.74, 6) is 1.87. The monoisotopic (exact) mass is 1770 g/mol. The van der Waals surface area contributed by atoms with Crippen LogP contribution in [-0.4, -0.2) is 304 Å². The van der Waals surface area contributed by atoms with Gasteiger partial charge in [0.25, 0.3) is 0 Å². The summed E-state index contributed by atoms with van der Waals surface area (Å²) < 4.78 is 42.9. The summed E-state index contributed by atoms with van der Waals surface area (Å²) in [4.78, 5) is 75.7. The highest BCUT2D eigenvalue weighted by atomic mass is 16.5. The lowest BCUT2D eigenvalue weighted by atomic mass is 9.77. The number of hydrogen-bond donors (Lipinski definition) is 0. The molecule has 0 spiro atoms. The van der Waals surface area contributed by atoms with E-state index in [9.17, 15) is 0 Å². The van der Waals surface area contributed by atoms with Crippen LogP contribution in [0.5, 0.6) is 36.1 Å². The van der Waals surface area contributed by atoms with Crippen LogP contribution in [0, 0.1) is 0 Å². The third-order valence-corrected chi connectivity index (χ3v) is 34.4. The normalized spacial score (nSPS) is 26.6. The third kappa shape index (κ3) is 23.6. The van der Waals surface area contributed by atoms with Gasteiger partial charge in [0, 0.05) is 204 Å². The van der Waals surface area contributed by atoms with Crippen molar-refractivity contribution in [1.82, 2.24) is 84.1 Å². The summed E-state index contributed by atoms with van der Waals surface area (Å²) in [5.41, 5.74) is -1.79. The SMILES string of the molecule is CN1C(C)(C)CC(Oc2nc(OC3CC(C)(C)N(C)C(C)(C)C3)nc(N(CCCCCCN(c3nc(OC4CC(C)(C)N(C)C(C)(C)C4)nc(OC4CC(C)(C)N(C)C(C)(C)C4)n3)C3CC(C)(C)N(C)C(C)(C)C3)CCCCCCN(c3nc(OC4CC(C)(C)N(C)C(C)(C)C4)nc(OC4CC(C)(C)N(C)C(C)(C)C4)n3)C3CC(C)(C)N(C)C(C)(C)C3)n2)CC1(C)C. The Morgan fingerprint density at radius 2 is 0.339 bits per heavy atom. The topological polar surface area (TPSA) is 207 Å². The Hall–Kier alpha value is -5.09. The van der Waals surface area contributed by atoms with E-state index in [4.69, 9.17) is 73.3 Å². The number of aromatic nitrogens is 9. The lowest BCUT2D eigenvalue weighted by Crippen LogP contribution is -2.63. The number of likely N-dealkylation sites (tertiary alicyclic amines) is 8. The minimum atomic E-state index is -0.126. The first kappa shape index (κ1) is 102. The number of hydrogen-bond acceptors (Lipinski definition) is 26. The van der Waals surface area contributed by atoms with Gasteiger partial charge in [-0.2, -0.15) is 29.9 Å². The van der Waals surface area contributed by atoms with Gasteiger partial charge >= 0.3 is 36.1 Å². The predicted molar refractivity (Wildman–Crippen MR) is 519 cm³/mol. The van der Waals surface area contributed by atoms with Crippen LogP contribution < -0.4 is 43.1 Å². The lowest BCUT2D eigenvalue weighted by molar-refractivity contribution is -0.0617. The quantitative estimate of drug-likeness (QED) is 0.0549. The average molecular weight is 1770 g/mol. The molecule has 0 amide bonds. The molecule has 11 rings (SSSR count). The van der Waals surface area contributed by atoms with Crippen molar-refractivity contribution in [1.29, 1.82) is 0 Å². The van der Waals surface area contributed by atoms with Crippen molar-refractivity contribution in [2.75, 3.05) is 97.3 Å². The van der Waals surface area contributed by atoms with E-state index in [1.54, 1.807) is 0 Å². The molecule has 0 N–H and O–H groups in total. The van der Waals surface area contributed by atoms with Crippen LogP contribution in [0.15, 0.2) is 0 Å². The molecule has 127 heavy (non-hydrogen) atoms. The Morgan fingerprint density at radius 3 is 0.504 bits per heavy atom. The highest BCUT2D eigenvalue weighted by Crippen LogP contribution is 2.49. The molecule has 0 saturated carbocycles. The fourth-order valence-corrected chi connectivity index (χ4v) is 24.9. The van der Waals surface area contributed by atoms with Gasteiger partial charge in [-0.25, -0.2) is 0 Å². The second-order valence-corrected chi connectivity index (χ2v) is 51.3. The van der Waals surface area contributed by atoms with Crippen LogP contribution in [0.4, 0.5) is 17.8 Å². The molecule has 724 valence electrons. The molecule has 0 bridgehead atoms. The van der Waals surface area contributed by atoms with Gasteiger partial charge in [0.15, 0.2) is 0 Å². The molecule has 0 aromatic carbocycles. The fraction of sp³-hybridized carbons (Fsp3) is 0.911. The van der Waals surface area contributed by atoms with Gasteiger partial charge in [-0.3, -0.25) is 39.2 Å². The van der Waals surface area contributed by atoms with Gasteiger partial charge in [0.05, 0.1) is 0 Å². The molecular weight excluding hydrogens is 1590 g/mol. The first-order chi connectivity index (χ1) is 58.0. The van der Waals surface area contributed by atoms with Crippen molar-refractivity contribution >= 4 is 17.8 Å². The van der Waals surface area contributed by atoms with E-state index in [-0.39, 0.29) is 137 Å². The van der Waals surface area contributed by atoms with Crippen LogP contribution >= 0.6 is 0 Å². The van der Waals surface area contributed by atoms with Crippen molar-refractivity contribution < 1.29 is 28.4 Å². The first-order valence-electron chi connectivity index (χ1n) is 49.5. The summed E-state index contributed by atoms with van der Waals surface area (Å²) in [6, 6.07) is 2.29. The Morgan fingerprint density at radius 1 is 0.197 bits per heavy atom. The molecule has 0 unspecified atom stereocenters. The van der Waals surface area contributed by atoms with Crippen LogP contribution in [0.25, 0.3) is 0 Å². The van der Waals surface area contributed by atoms with Gasteiger partial charge in [-0.1, -0.05) is 25.7 Å². The Balaban J connectivity index is 0.904. The Kier molecular flexibility index (Phi) is 29.5. The Bertz CT molecular complexity index is 3670. The second-order valence-electron chi connectivity index (χ2n) is 51.3. The van der Waals surface area contributed by atoms with Crippen LogP contribution in [0.3, 0.4) is 0 Å². The molecule has 26 nitrogen and oxygen atoms in total. The van der Waals surface area contributed by atoms with Crippen LogP contribution in [0.2, 0.25) is 0 Å². The van der Waals surface area contributed by atoms with E-state index in [0.29, 0.717) is 53.9 Å². The molecule has 8 saturated heterocycles. The maximum atomic E-state index is 7.17. The molecule has 3 aromatic heterocycles. The summed E-state index contributed by atoms with van der Waals surface area (Å²) in [6.07, 6.45) is 20.7. The summed E-state index contributed by atoms with van der Waals surface area (Å²) in [6.45, 7) is 77.9. The number of unbranched alkanes of at least 4 members (excludes halogenated alkanes) is 6. The molecule has 11 heterocycles. The maximum absolute atomic E-state index is 7.17. The van der Waals surface area contributed by atoms with Gasteiger partial charge in [-0.05, 0) is 329 Å². The fourth-order valence-electron chi connectivity index (χ4n) is 24.9. The molecule has 0 atom stereocenters. The minimum Gasteiger partial charge on any atom is -0.460 e. The number of nitrogens with zero attached hydrogens (tertiary/aromatic N) is 20. The molecular formula is C101H184N20O6. The lowest BCUT2D eigenvalue weighted by Gasteiger charge is -2.55. The van der Waals surface area contributed by atoms with E-state index in [2.05, 4.69) is 332 Å². The van der Waals surface area contributed by atoms with E-state index in [0.717, 1.165) is 180 Å². The van der Waals surface area contributed by atoms with E-state index >= 15 is 0 Å². The zero-order valence-corrected chi connectivity index (χ0v) is 88.3. The number of rotatable bonds is 31. The molecule has 8 aliphatic heterocycles. The van der Waals surface area contributed by atoms with Gasteiger partial charge in [0.2, 0.25) is 17.8 Å². The van der Waals surface area contributed by atoms with Crippen molar-refractivity contribution in [3.8, 4) is 36.1 Å². The highest BCUT2D eigenvalue weighted by molar-refractivity contribution is 5.38. The van der Waals surface area contributed by atoms with Gasteiger partial charge < -0.3 is 43.1 Å². The molecule has 3 aromatic rings. The largest absolute Gasteiger partial charge is 0.460 e. The van der Waals surface area contributed by atoms with Crippen molar-refractivity contribution in [3.63, 3.8) is 0 Å². The Labute approximate surface area is 772 Å². The minimum absolute atomic E-state index is 0.107. The molecule has 0 aliphatic carbocycles. The molecule has 8 aliphatic rings.